The van der Waals surface area contributed by atoms with Gasteiger partial charge in [0.2, 0.25) is 11.8 Å². The molecule has 1 aromatic carbocycles. The smallest absolute Gasteiger partial charge is 0.244 e. The van der Waals surface area contributed by atoms with Gasteiger partial charge in [0.1, 0.15) is 17.4 Å². The van der Waals surface area contributed by atoms with E-state index < -0.39 is 5.92 Å². The molecule has 0 saturated carbocycles. The first-order valence-electron chi connectivity index (χ1n) is 6.51. The van der Waals surface area contributed by atoms with E-state index in [1.807, 2.05) is 30.3 Å². The number of aromatic nitrogens is 4. The number of nitrogen functional groups attached to an aromatic ring is 1. The zero-order valence-electron chi connectivity index (χ0n) is 11.8. The molecule has 0 spiro atoms. The molecule has 1 atom stereocenters. The highest BCUT2D eigenvalue weighted by atomic mass is 16.5. The minimum absolute atomic E-state index is 0.0734. The Hall–Kier alpha value is -3.34. The molecule has 2 heterocycles. The summed E-state index contributed by atoms with van der Waals surface area (Å²) in [6.45, 7) is 1.73. The molecule has 8 nitrogen and oxygen atoms in total. The van der Waals surface area contributed by atoms with Gasteiger partial charge in [-0.25, -0.2) is 0 Å². The number of anilines is 1. The Morgan fingerprint density at radius 3 is 2.59 bits per heavy atom. The second kappa shape index (κ2) is 5.21. The number of allylic oxidation sites excluding steroid dienone is 3. The Morgan fingerprint density at radius 2 is 2.00 bits per heavy atom. The molecule has 0 aliphatic carbocycles. The molecular weight excluding hydrogens is 282 g/mol. The zero-order valence-corrected chi connectivity index (χ0v) is 11.8. The predicted octanol–water partition coefficient (Wildman–Crippen LogP) is 0.952. The van der Waals surface area contributed by atoms with Crippen molar-refractivity contribution in [3.05, 3.63) is 53.1 Å². The number of benzene rings is 1. The molecule has 0 fully saturated rings. The predicted molar refractivity (Wildman–Crippen MR) is 78.2 cm³/mol. The van der Waals surface area contributed by atoms with Crippen molar-refractivity contribution < 1.29 is 4.74 Å². The summed E-state index contributed by atoms with van der Waals surface area (Å²) in [5.41, 5.74) is 13.4. The van der Waals surface area contributed by atoms with Crippen LogP contribution < -0.4 is 11.5 Å². The second-order valence-corrected chi connectivity index (χ2v) is 4.73. The molecule has 0 saturated heterocycles. The maximum atomic E-state index is 9.48. The van der Waals surface area contributed by atoms with Gasteiger partial charge >= 0.3 is 0 Å². The highest BCUT2D eigenvalue weighted by Gasteiger charge is 2.34. The SMILES string of the molecule is CC1=C(n2nnnc2N)C(c2ccccc2)C(C#N)=C(N)O1. The fourth-order valence-corrected chi connectivity index (χ4v) is 2.48. The van der Waals surface area contributed by atoms with E-state index in [0.717, 1.165) is 5.56 Å². The number of rotatable bonds is 2. The zero-order chi connectivity index (χ0) is 15.7. The molecule has 22 heavy (non-hydrogen) atoms. The van der Waals surface area contributed by atoms with Crippen LogP contribution in [0.3, 0.4) is 0 Å². The van der Waals surface area contributed by atoms with Crippen molar-refractivity contribution in [3.8, 4) is 6.07 Å². The molecule has 1 aromatic heterocycles. The van der Waals surface area contributed by atoms with Gasteiger partial charge in [-0.05, 0) is 22.9 Å². The highest BCUT2D eigenvalue weighted by molar-refractivity contribution is 5.68. The van der Waals surface area contributed by atoms with Crippen LogP contribution in [0.15, 0.2) is 47.5 Å². The standard InChI is InChI=1S/C14H13N7O/c1-8-12(21-14(17)18-19-20-21)11(9-5-3-2-4-6-9)10(7-15)13(16)22-8/h2-6,11H,16H2,1H3,(H2,17,18,20). The fraction of sp³-hybridized carbons (Fsp3) is 0.143. The first kappa shape index (κ1) is 13.6. The first-order chi connectivity index (χ1) is 10.6. The fourth-order valence-electron chi connectivity index (χ4n) is 2.48. The van der Waals surface area contributed by atoms with Crippen molar-refractivity contribution in [2.45, 2.75) is 12.8 Å². The number of nitrogens with two attached hydrogens (primary N) is 2. The van der Waals surface area contributed by atoms with Crippen LogP contribution in [-0.2, 0) is 4.74 Å². The van der Waals surface area contributed by atoms with Gasteiger partial charge in [-0.3, -0.25) is 0 Å². The molecule has 0 bridgehead atoms. The Morgan fingerprint density at radius 1 is 1.27 bits per heavy atom. The Balaban J connectivity index is 2.24. The quantitative estimate of drug-likeness (QED) is 0.843. The van der Waals surface area contributed by atoms with E-state index in [1.54, 1.807) is 6.92 Å². The molecule has 0 radical (unpaired) electrons. The molecular formula is C14H13N7O. The average Bonchev–Trinajstić information content (AvgIpc) is 2.93. The van der Waals surface area contributed by atoms with Crippen LogP contribution in [0.4, 0.5) is 5.95 Å². The van der Waals surface area contributed by atoms with Gasteiger partial charge in [-0.15, -0.1) is 0 Å². The molecule has 0 amide bonds. The Bertz CT molecular complexity index is 813. The van der Waals surface area contributed by atoms with Crippen molar-refractivity contribution in [3.63, 3.8) is 0 Å². The first-order valence-corrected chi connectivity index (χ1v) is 6.51. The number of hydrogen-bond donors (Lipinski definition) is 2. The summed E-state index contributed by atoms with van der Waals surface area (Å²) in [4.78, 5) is 0. The topological polar surface area (TPSA) is 129 Å². The summed E-state index contributed by atoms with van der Waals surface area (Å²) in [5, 5.41) is 20.6. The van der Waals surface area contributed by atoms with Crippen LogP contribution in [0, 0.1) is 11.3 Å². The summed E-state index contributed by atoms with van der Waals surface area (Å²) in [6, 6.07) is 11.6. The second-order valence-electron chi connectivity index (χ2n) is 4.73. The summed E-state index contributed by atoms with van der Waals surface area (Å²) >= 11 is 0. The van der Waals surface area contributed by atoms with Crippen molar-refractivity contribution in [2.75, 3.05) is 5.73 Å². The Kier molecular flexibility index (Phi) is 3.23. The lowest BCUT2D eigenvalue weighted by Gasteiger charge is -2.27. The van der Waals surface area contributed by atoms with E-state index in [9.17, 15) is 5.26 Å². The lowest BCUT2D eigenvalue weighted by atomic mass is 9.87. The number of nitrogens with zero attached hydrogens (tertiary/aromatic N) is 5. The molecule has 1 aliphatic rings. The lowest BCUT2D eigenvalue weighted by molar-refractivity contribution is 0.287. The summed E-state index contributed by atoms with van der Waals surface area (Å²) in [7, 11) is 0. The minimum Gasteiger partial charge on any atom is -0.443 e. The van der Waals surface area contributed by atoms with E-state index >= 15 is 0 Å². The lowest BCUT2D eigenvalue weighted by Crippen LogP contribution is -2.23. The van der Waals surface area contributed by atoms with Crippen LogP contribution >= 0.6 is 0 Å². The van der Waals surface area contributed by atoms with Crippen LogP contribution in [0.2, 0.25) is 0 Å². The van der Waals surface area contributed by atoms with Crippen molar-refractivity contribution in [1.29, 1.82) is 5.26 Å². The van der Waals surface area contributed by atoms with Gasteiger partial charge in [-0.2, -0.15) is 9.94 Å². The third kappa shape index (κ3) is 2.05. The van der Waals surface area contributed by atoms with E-state index in [2.05, 4.69) is 21.6 Å². The molecule has 110 valence electrons. The van der Waals surface area contributed by atoms with E-state index in [1.165, 1.54) is 4.68 Å². The van der Waals surface area contributed by atoms with Crippen LogP contribution in [0.5, 0.6) is 0 Å². The van der Waals surface area contributed by atoms with E-state index in [4.69, 9.17) is 16.2 Å². The van der Waals surface area contributed by atoms with Gasteiger partial charge < -0.3 is 16.2 Å². The van der Waals surface area contributed by atoms with E-state index in [-0.39, 0.29) is 11.8 Å². The van der Waals surface area contributed by atoms with Crippen molar-refractivity contribution in [2.24, 2.45) is 5.73 Å². The summed E-state index contributed by atoms with van der Waals surface area (Å²) in [5.74, 6) is 0.219. The van der Waals surface area contributed by atoms with Gasteiger partial charge in [0.25, 0.3) is 0 Å². The van der Waals surface area contributed by atoms with E-state index in [0.29, 0.717) is 17.0 Å². The van der Waals surface area contributed by atoms with Gasteiger partial charge in [0.05, 0.1) is 11.6 Å². The van der Waals surface area contributed by atoms with Gasteiger partial charge in [0, 0.05) is 0 Å². The monoisotopic (exact) mass is 295 g/mol. The average molecular weight is 295 g/mol. The van der Waals surface area contributed by atoms with Crippen LogP contribution in [0.1, 0.15) is 18.4 Å². The van der Waals surface area contributed by atoms with Crippen molar-refractivity contribution in [1.82, 2.24) is 20.2 Å². The van der Waals surface area contributed by atoms with Crippen LogP contribution in [-0.4, -0.2) is 20.2 Å². The number of tetrazole rings is 1. The summed E-state index contributed by atoms with van der Waals surface area (Å²) < 4.78 is 6.83. The third-order valence-corrected chi connectivity index (χ3v) is 3.43. The molecule has 4 N–H and O–H groups in total. The molecule has 1 unspecified atom stereocenters. The number of ether oxygens (including phenoxy) is 1. The molecule has 8 heteroatoms. The Labute approximate surface area is 126 Å². The third-order valence-electron chi connectivity index (χ3n) is 3.43. The minimum atomic E-state index is -0.453. The maximum absolute atomic E-state index is 9.48. The maximum Gasteiger partial charge on any atom is 0.244 e. The van der Waals surface area contributed by atoms with Gasteiger partial charge in [0.15, 0.2) is 0 Å². The normalized spacial score (nSPS) is 18.1. The summed E-state index contributed by atoms with van der Waals surface area (Å²) in [6.07, 6.45) is 0. The largest absolute Gasteiger partial charge is 0.443 e. The van der Waals surface area contributed by atoms with Crippen LogP contribution in [0.25, 0.3) is 5.70 Å². The van der Waals surface area contributed by atoms with Crippen molar-refractivity contribution >= 4 is 11.6 Å². The molecule has 1 aliphatic heterocycles. The molecule has 3 rings (SSSR count). The number of hydrogen-bond acceptors (Lipinski definition) is 7. The molecule has 2 aromatic rings. The highest BCUT2D eigenvalue weighted by Crippen LogP contribution is 2.41. The van der Waals surface area contributed by atoms with Gasteiger partial charge in [-0.1, -0.05) is 35.4 Å². The number of nitriles is 1.